The zero-order valence-electron chi connectivity index (χ0n) is 17.4. The lowest BCUT2D eigenvalue weighted by atomic mass is 9.82. The summed E-state index contributed by atoms with van der Waals surface area (Å²) in [6.07, 6.45) is 3.57. The number of esters is 1. The average molecular weight is 396 g/mol. The Hall–Kier alpha value is -3.07. The zero-order chi connectivity index (χ0) is 21.1. The molecule has 0 bridgehead atoms. The minimum absolute atomic E-state index is 0.192. The molecule has 1 aromatic carbocycles. The molecule has 154 valence electrons. The molecule has 0 spiro atoms. The minimum Gasteiger partial charge on any atom is -0.505 e. The molecule has 6 heteroatoms. The maximum atomic E-state index is 11.8. The van der Waals surface area contributed by atoms with Crippen LogP contribution in [0.3, 0.4) is 0 Å². The van der Waals surface area contributed by atoms with Gasteiger partial charge in [0.05, 0.1) is 26.2 Å². The monoisotopic (exact) mass is 395 g/mol. The van der Waals surface area contributed by atoms with Crippen LogP contribution in [0.15, 0.2) is 42.6 Å². The van der Waals surface area contributed by atoms with Gasteiger partial charge in [-0.1, -0.05) is 31.5 Å². The van der Waals surface area contributed by atoms with Gasteiger partial charge in [-0.25, -0.2) is 9.83 Å². The summed E-state index contributed by atoms with van der Waals surface area (Å²) in [5.74, 6) is 1.23. The van der Waals surface area contributed by atoms with Crippen molar-refractivity contribution in [2.45, 2.75) is 40.0 Å². The van der Waals surface area contributed by atoms with Gasteiger partial charge in [-0.3, -0.25) is 4.79 Å². The summed E-state index contributed by atoms with van der Waals surface area (Å²) in [7, 11) is 0. The highest BCUT2D eigenvalue weighted by atomic mass is 16.5. The lowest BCUT2D eigenvalue weighted by Gasteiger charge is -2.24. The molecule has 0 radical (unpaired) electrons. The number of hydrogen-bond acceptors (Lipinski definition) is 5. The first-order chi connectivity index (χ1) is 13.9. The number of anilines is 1. The number of aromatic nitrogens is 1. The molecule has 0 aliphatic rings. The lowest BCUT2D eigenvalue weighted by molar-refractivity contribution is -0.145. The second kappa shape index (κ2) is 11.1. The third kappa shape index (κ3) is 7.82. The van der Waals surface area contributed by atoms with Crippen LogP contribution in [0.1, 0.15) is 39.2 Å². The van der Waals surface area contributed by atoms with E-state index in [1.54, 1.807) is 13.1 Å². The molecule has 29 heavy (non-hydrogen) atoms. The summed E-state index contributed by atoms with van der Waals surface area (Å²) in [5, 5.41) is 3.23. The van der Waals surface area contributed by atoms with Crippen LogP contribution in [0.5, 0.6) is 5.75 Å². The van der Waals surface area contributed by atoms with E-state index in [0.29, 0.717) is 37.5 Å². The summed E-state index contributed by atoms with van der Waals surface area (Å²) >= 11 is 0. The molecule has 2 aromatic rings. The Morgan fingerprint density at radius 2 is 2.10 bits per heavy atom. The van der Waals surface area contributed by atoms with E-state index in [1.165, 1.54) is 0 Å². The van der Waals surface area contributed by atoms with Crippen LogP contribution in [0.25, 0.3) is 4.85 Å². The fraction of sp³-hybridized carbons (Fsp3) is 0.435. The normalized spacial score (nSPS) is 10.8. The number of pyridine rings is 1. The second-order valence-electron chi connectivity index (χ2n) is 7.58. The van der Waals surface area contributed by atoms with Gasteiger partial charge in [0.2, 0.25) is 5.69 Å². The predicted molar refractivity (Wildman–Crippen MR) is 114 cm³/mol. The van der Waals surface area contributed by atoms with Crippen LogP contribution < -0.4 is 10.1 Å². The highest BCUT2D eigenvalue weighted by molar-refractivity contribution is 5.70. The summed E-state index contributed by atoms with van der Waals surface area (Å²) < 4.78 is 10.9. The summed E-state index contributed by atoms with van der Waals surface area (Å²) in [6, 6.07) is 11.4. The lowest BCUT2D eigenvalue weighted by Crippen LogP contribution is -2.21. The fourth-order valence-corrected chi connectivity index (χ4v) is 3.04. The second-order valence-corrected chi connectivity index (χ2v) is 7.58. The van der Waals surface area contributed by atoms with E-state index in [-0.39, 0.29) is 11.4 Å². The molecule has 1 N–H and O–H groups in total. The average Bonchev–Trinajstić information content (AvgIpc) is 2.68. The van der Waals surface area contributed by atoms with Crippen molar-refractivity contribution in [2.24, 2.45) is 5.41 Å². The van der Waals surface area contributed by atoms with Crippen molar-refractivity contribution in [3.8, 4) is 5.75 Å². The third-order valence-corrected chi connectivity index (χ3v) is 4.30. The highest BCUT2D eigenvalue weighted by Gasteiger charge is 2.23. The van der Waals surface area contributed by atoms with Gasteiger partial charge >= 0.3 is 5.97 Å². The maximum Gasteiger partial charge on any atom is 0.306 e. The van der Waals surface area contributed by atoms with E-state index >= 15 is 0 Å². The number of benzene rings is 1. The smallest absolute Gasteiger partial charge is 0.306 e. The van der Waals surface area contributed by atoms with Gasteiger partial charge in [0.25, 0.3) is 0 Å². The number of rotatable bonds is 11. The van der Waals surface area contributed by atoms with Crippen LogP contribution >= 0.6 is 0 Å². The first-order valence-electron chi connectivity index (χ1n) is 9.87. The molecule has 0 saturated heterocycles. The molecule has 0 unspecified atom stereocenters. The van der Waals surface area contributed by atoms with E-state index in [0.717, 1.165) is 24.3 Å². The number of nitrogens with one attached hydrogen (secondary N) is 1. The van der Waals surface area contributed by atoms with Crippen molar-refractivity contribution in [3.05, 3.63) is 59.6 Å². The van der Waals surface area contributed by atoms with Crippen molar-refractivity contribution >= 4 is 17.5 Å². The van der Waals surface area contributed by atoms with Crippen LogP contribution in [-0.2, 0) is 16.0 Å². The Labute approximate surface area is 173 Å². The zero-order valence-corrected chi connectivity index (χ0v) is 17.4. The largest absolute Gasteiger partial charge is 0.505 e. The number of nitrogens with zero attached hydrogens (tertiary/aromatic N) is 2. The summed E-state index contributed by atoms with van der Waals surface area (Å²) in [6.45, 7) is 15.0. The molecule has 1 aromatic heterocycles. The molecule has 0 amide bonds. The molecule has 0 saturated carbocycles. The van der Waals surface area contributed by atoms with Crippen LogP contribution in [0, 0.1) is 12.0 Å². The standard InChI is InChI=1S/C23H29N3O3/c1-5-28-22(27)17-23(2,3)16-18-10-11-20(19(15-18)24-4)29-14-8-13-26-21-9-6-7-12-25-21/h6-7,9-12,15H,5,8,13-14,16-17H2,1-3H3,(H,25,26). The maximum absolute atomic E-state index is 11.8. The molecule has 0 aliphatic heterocycles. The van der Waals surface area contributed by atoms with Crippen LogP contribution in [0.4, 0.5) is 11.5 Å². The van der Waals surface area contributed by atoms with E-state index < -0.39 is 0 Å². The molecule has 0 atom stereocenters. The molecule has 1 heterocycles. The van der Waals surface area contributed by atoms with E-state index in [4.69, 9.17) is 16.0 Å². The van der Waals surface area contributed by atoms with Crippen LogP contribution in [0.2, 0.25) is 0 Å². The summed E-state index contributed by atoms with van der Waals surface area (Å²) in [4.78, 5) is 19.6. The minimum atomic E-state index is -0.245. The number of ether oxygens (including phenoxy) is 2. The number of hydrogen-bond donors (Lipinski definition) is 1. The molecule has 2 rings (SSSR count). The molecular weight excluding hydrogens is 366 g/mol. The van der Waals surface area contributed by atoms with Gasteiger partial charge in [-0.05, 0) is 49.4 Å². The number of carbonyl (C=O) groups excluding carboxylic acids is 1. The molecule has 0 aliphatic carbocycles. The van der Waals surface area contributed by atoms with Gasteiger partial charge in [-0.15, -0.1) is 0 Å². The van der Waals surface area contributed by atoms with Crippen molar-refractivity contribution in [1.29, 1.82) is 0 Å². The van der Waals surface area contributed by atoms with Gasteiger partial charge in [-0.2, -0.15) is 0 Å². The predicted octanol–water partition coefficient (Wildman–Crippen LogP) is 5.04. The summed E-state index contributed by atoms with van der Waals surface area (Å²) in [5.41, 5.74) is 1.26. The highest BCUT2D eigenvalue weighted by Crippen LogP contribution is 2.33. The van der Waals surface area contributed by atoms with Crippen molar-refractivity contribution in [1.82, 2.24) is 4.98 Å². The van der Waals surface area contributed by atoms with Gasteiger partial charge < -0.3 is 14.8 Å². The van der Waals surface area contributed by atoms with Crippen molar-refractivity contribution in [2.75, 3.05) is 25.1 Å². The quantitative estimate of drug-likeness (QED) is 0.328. The Bertz CT molecular complexity index is 829. The van der Waals surface area contributed by atoms with Crippen LogP contribution in [-0.4, -0.2) is 30.7 Å². The SMILES string of the molecule is [C-]#[N+]c1cc(CC(C)(C)CC(=O)OCC)ccc1OCCCNc1ccccn1. The van der Waals surface area contributed by atoms with E-state index in [1.807, 2.05) is 50.2 Å². The van der Waals surface area contributed by atoms with E-state index in [2.05, 4.69) is 15.1 Å². The van der Waals surface area contributed by atoms with Gasteiger partial charge in [0, 0.05) is 12.7 Å². The van der Waals surface area contributed by atoms with E-state index in [9.17, 15) is 4.79 Å². The Morgan fingerprint density at radius 3 is 2.79 bits per heavy atom. The Kier molecular flexibility index (Phi) is 8.47. The van der Waals surface area contributed by atoms with Gasteiger partial charge in [0.15, 0.2) is 0 Å². The third-order valence-electron chi connectivity index (χ3n) is 4.30. The first kappa shape index (κ1) is 22.2. The molecule has 6 nitrogen and oxygen atoms in total. The Morgan fingerprint density at radius 1 is 1.28 bits per heavy atom. The molecular formula is C23H29N3O3. The first-order valence-corrected chi connectivity index (χ1v) is 9.87. The number of carbonyl (C=O) groups is 1. The topological polar surface area (TPSA) is 64.8 Å². The van der Waals surface area contributed by atoms with Crippen molar-refractivity contribution in [3.63, 3.8) is 0 Å². The molecule has 0 fully saturated rings. The Balaban J connectivity index is 1.86. The van der Waals surface area contributed by atoms with Gasteiger partial charge in [0.1, 0.15) is 11.6 Å². The van der Waals surface area contributed by atoms with Crippen molar-refractivity contribution < 1.29 is 14.3 Å². The fourth-order valence-electron chi connectivity index (χ4n) is 3.04.